The van der Waals surface area contributed by atoms with E-state index >= 15 is 0 Å². The van der Waals surface area contributed by atoms with Crippen molar-refractivity contribution in [2.24, 2.45) is 0 Å². The highest BCUT2D eigenvalue weighted by atomic mass is 16.4. The fourth-order valence-electron chi connectivity index (χ4n) is 1.67. The van der Waals surface area contributed by atoms with Gasteiger partial charge in [0.25, 0.3) is 0 Å². The van der Waals surface area contributed by atoms with Gasteiger partial charge in [0, 0.05) is 5.69 Å². The van der Waals surface area contributed by atoms with Crippen LogP contribution in [-0.4, -0.2) is 4.98 Å². The maximum absolute atomic E-state index is 5.68. The fraction of sp³-hybridized carbons (Fsp3) is 0.0833. The number of benzene rings is 1. The summed E-state index contributed by atoms with van der Waals surface area (Å²) >= 11 is 0. The molecule has 0 atom stereocenters. The number of hydrogen-bond donors (Lipinski definition) is 1. The third-order valence-electron chi connectivity index (χ3n) is 2.50. The molecule has 2 heterocycles. The van der Waals surface area contributed by atoms with E-state index in [0.29, 0.717) is 11.6 Å². The highest BCUT2D eigenvalue weighted by Crippen LogP contribution is 2.28. The van der Waals surface area contributed by atoms with Crippen molar-refractivity contribution in [1.82, 2.24) is 4.98 Å². The van der Waals surface area contributed by atoms with Crippen LogP contribution in [0.25, 0.3) is 22.6 Å². The third kappa shape index (κ3) is 1.27. The number of rotatable bonds is 1. The molecule has 0 aliphatic rings. The summed E-state index contributed by atoms with van der Waals surface area (Å²) in [5.41, 5.74) is 8.72. The van der Waals surface area contributed by atoms with Gasteiger partial charge < -0.3 is 14.6 Å². The van der Waals surface area contributed by atoms with Crippen LogP contribution < -0.4 is 5.73 Å². The zero-order valence-corrected chi connectivity index (χ0v) is 8.73. The van der Waals surface area contributed by atoms with Crippen molar-refractivity contribution in [3.63, 3.8) is 0 Å². The van der Waals surface area contributed by atoms with E-state index in [1.807, 2.05) is 19.1 Å². The Bertz CT molecular complexity index is 652. The van der Waals surface area contributed by atoms with Gasteiger partial charge in [-0.1, -0.05) is 0 Å². The Morgan fingerprint density at radius 1 is 1.25 bits per heavy atom. The van der Waals surface area contributed by atoms with E-state index in [4.69, 9.17) is 14.6 Å². The van der Waals surface area contributed by atoms with Crippen LogP contribution in [-0.2, 0) is 0 Å². The Morgan fingerprint density at radius 2 is 2.12 bits per heavy atom. The molecule has 16 heavy (non-hydrogen) atoms. The van der Waals surface area contributed by atoms with E-state index in [2.05, 4.69) is 4.98 Å². The minimum atomic E-state index is 0.562. The Kier molecular flexibility index (Phi) is 1.77. The molecule has 2 N–H and O–H groups in total. The van der Waals surface area contributed by atoms with Crippen molar-refractivity contribution in [3.05, 3.63) is 36.3 Å². The molecule has 3 rings (SSSR count). The van der Waals surface area contributed by atoms with Gasteiger partial charge in [-0.05, 0) is 31.2 Å². The number of nitrogens with zero attached hydrogens (tertiary/aromatic N) is 1. The predicted molar refractivity (Wildman–Crippen MR) is 60.9 cm³/mol. The Labute approximate surface area is 91.7 Å². The molecule has 0 amide bonds. The molecule has 0 bridgehead atoms. The molecule has 4 nitrogen and oxygen atoms in total. The Balaban J connectivity index is 2.23. The van der Waals surface area contributed by atoms with E-state index in [1.165, 1.54) is 0 Å². The van der Waals surface area contributed by atoms with E-state index in [-0.39, 0.29) is 0 Å². The minimum Gasteiger partial charge on any atom is -0.469 e. The maximum atomic E-state index is 5.68. The van der Waals surface area contributed by atoms with Crippen LogP contribution in [0.15, 0.2) is 39.4 Å². The van der Waals surface area contributed by atoms with Crippen molar-refractivity contribution in [1.29, 1.82) is 0 Å². The lowest BCUT2D eigenvalue weighted by molar-refractivity contribution is 0.532. The number of aromatic nitrogens is 1. The molecular weight excluding hydrogens is 204 g/mol. The first kappa shape index (κ1) is 9.03. The summed E-state index contributed by atoms with van der Waals surface area (Å²) in [6, 6.07) is 7.23. The van der Waals surface area contributed by atoms with Gasteiger partial charge in [-0.25, -0.2) is 4.98 Å². The molecule has 0 aliphatic heterocycles. The molecule has 1 aromatic carbocycles. The fourth-order valence-corrected chi connectivity index (χ4v) is 1.67. The van der Waals surface area contributed by atoms with Gasteiger partial charge in [-0.3, -0.25) is 0 Å². The molecule has 0 saturated heterocycles. The summed E-state index contributed by atoms with van der Waals surface area (Å²) < 4.78 is 10.8. The second kappa shape index (κ2) is 3.13. The second-order valence-corrected chi connectivity index (χ2v) is 3.64. The SMILES string of the molecule is Cc1occc1-c1nc2cc(N)ccc2o1. The highest BCUT2D eigenvalue weighted by molar-refractivity contribution is 5.79. The lowest BCUT2D eigenvalue weighted by atomic mass is 10.2. The normalized spacial score (nSPS) is 11.1. The first-order valence-corrected chi connectivity index (χ1v) is 4.94. The van der Waals surface area contributed by atoms with E-state index < -0.39 is 0 Å². The average molecular weight is 214 g/mol. The zero-order valence-electron chi connectivity index (χ0n) is 8.73. The Morgan fingerprint density at radius 3 is 2.88 bits per heavy atom. The molecule has 0 unspecified atom stereocenters. The first-order valence-electron chi connectivity index (χ1n) is 4.94. The van der Waals surface area contributed by atoms with Crippen LogP contribution in [0.5, 0.6) is 0 Å². The zero-order chi connectivity index (χ0) is 11.1. The third-order valence-corrected chi connectivity index (χ3v) is 2.50. The van der Waals surface area contributed by atoms with Gasteiger partial charge in [0.05, 0.1) is 11.8 Å². The summed E-state index contributed by atoms with van der Waals surface area (Å²) in [6.45, 7) is 1.87. The van der Waals surface area contributed by atoms with Crippen LogP contribution >= 0.6 is 0 Å². The van der Waals surface area contributed by atoms with Gasteiger partial charge in [0.1, 0.15) is 11.3 Å². The Hall–Kier alpha value is -2.23. The topological polar surface area (TPSA) is 65.2 Å². The summed E-state index contributed by atoms with van der Waals surface area (Å²) in [4.78, 5) is 4.37. The number of aryl methyl sites for hydroxylation is 1. The van der Waals surface area contributed by atoms with Crippen molar-refractivity contribution < 1.29 is 8.83 Å². The molecule has 0 radical (unpaired) electrons. The monoisotopic (exact) mass is 214 g/mol. The molecule has 0 aliphatic carbocycles. The molecule has 80 valence electrons. The number of hydrogen-bond acceptors (Lipinski definition) is 4. The molecule has 3 aromatic rings. The van der Waals surface area contributed by atoms with Gasteiger partial charge in [0.2, 0.25) is 5.89 Å². The van der Waals surface area contributed by atoms with E-state index in [9.17, 15) is 0 Å². The van der Waals surface area contributed by atoms with Gasteiger partial charge in [0.15, 0.2) is 5.58 Å². The lowest BCUT2D eigenvalue weighted by Crippen LogP contribution is -1.82. The number of fused-ring (bicyclic) bond motifs is 1. The number of anilines is 1. The molecular formula is C12H10N2O2. The van der Waals surface area contributed by atoms with Crippen molar-refractivity contribution in [2.45, 2.75) is 6.92 Å². The summed E-state index contributed by atoms with van der Waals surface area (Å²) in [6.07, 6.45) is 1.62. The van der Waals surface area contributed by atoms with E-state index in [0.717, 1.165) is 22.4 Å². The smallest absolute Gasteiger partial charge is 0.230 e. The molecule has 0 fully saturated rings. The minimum absolute atomic E-state index is 0.562. The van der Waals surface area contributed by atoms with Crippen LogP contribution in [0.2, 0.25) is 0 Å². The highest BCUT2D eigenvalue weighted by Gasteiger charge is 2.12. The van der Waals surface area contributed by atoms with Crippen LogP contribution in [0, 0.1) is 6.92 Å². The van der Waals surface area contributed by atoms with Crippen molar-refractivity contribution >= 4 is 16.8 Å². The quantitative estimate of drug-likeness (QED) is 0.632. The molecule has 0 spiro atoms. The number of nitrogens with two attached hydrogens (primary N) is 1. The van der Waals surface area contributed by atoms with Gasteiger partial charge in [-0.15, -0.1) is 0 Å². The predicted octanol–water partition coefficient (Wildman–Crippen LogP) is 2.98. The van der Waals surface area contributed by atoms with Crippen LogP contribution in [0.1, 0.15) is 5.76 Å². The van der Waals surface area contributed by atoms with Gasteiger partial charge >= 0.3 is 0 Å². The van der Waals surface area contributed by atoms with Crippen LogP contribution in [0.3, 0.4) is 0 Å². The number of nitrogen functional groups attached to an aromatic ring is 1. The maximum Gasteiger partial charge on any atom is 0.230 e. The average Bonchev–Trinajstić information content (AvgIpc) is 2.82. The molecule has 4 heteroatoms. The number of oxazole rings is 1. The second-order valence-electron chi connectivity index (χ2n) is 3.64. The number of furan rings is 1. The lowest BCUT2D eigenvalue weighted by Gasteiger charge is -1.89. The standard InChI is InChI=1S/C12H10N2O2/c1-7-9(4-5-15-7)12-14-10-6-8(13)2-3-11(10)16-12/h2-6H,13H2,1H3. The van der Waals surface area contributed by atoms with Crippen molar-refractivity contribution in [2.75, 3.05) is 5.73 Å². The summed E-state index contributed by atoms with van der Waals surface area (Å²) in [5.74, 6) is 1.35. The largest absolute Gasteiger partial charge is 0.469 e. The van der Waals surface area contributed by atoms with Crippen LogP contribution in [0.4, 0.5) is 5.69 Å². The van der Waals surface area contributed by atoms with E-state index in [1.54, 1.807) is 18.4 Å². The molecule has 2 aromatic heterocycles. The summed E-state index contributed by atoms with van der Waals surface area (Å²) in [7, 11) is 0. The molecule has 0 saturated carbocycles. The summed E-state index contributed by atoms with van der Waals surface area (Å²) in [5, 5.41) is 0. The van der Waals surface area contributed by atoms with Gasteiger partial charge in [-0.2, -0.15) is 0 Å². The van der Waals surface area contributed by atoms with Crippen molar-refractivity contribution in [3.8, 4) is 11.5 Å². The first-order chi connectivity index (χ1) is 7.74.